The molecule has 5 heteroatoms. The molecule has 0 saturated carbocycles. The summed E-state index contributed by atoms with van der Waals surface area (Å²) >= 11 is 0. The molecule has 22 heavy (non-hydrogen) atoms. The number of hydrogen-bond acceptors (Lipinski definition) is 4. The molecule has 0 aromatic carbocycles. The molecule has 3 rings (SSSR count). The molecule has 3 heterocycles. The Morgan fingerprint density at radius 1 is 1.32 bits per heavy atom. The monoisotopic (exact) mass is 306 g/mol. The Balaban J connectivity index is 1.52. The van der Waals surface area contributed by atoms with Gasteiger partial charge in [0, 0.05) is 32.2 Å². The summed E-state index contributed by atoms with van der Waals surface area (Å²) in [4.78, 5) is 16.6. The molecule has 0 radical (unpaired) electrons. The van der Waals surface area contributed by atoms with Crippen LogP contribution in [0, 0.1) is 12.3 Å². The van der Waals surface area contributed by atoms with Crippen LogP contribution in [0.4, 0.5) is 0 Å². The number of rotatable bonds is 5. The lowest BCUT2D eigenvalue weighted by Crippen LogP contribution is -2.34. The van der Waals surface area contributed by atoms with Crippen LogP contribution >= 0.6 is 0 Å². The maximum Gasteiger partial charge on any atom is 0.224 e. The van der Waals surface area contributed by atoms with Crippen molar-refractivity contribution in [2.45, 2.75) is 32.7 Å². The minimum absolute atomic E-state index is 0.235. The number of aryl methyl sites for hydroxylation is 1. The Kier molecular flexibility index (Phi) is 4.54. The molecule has 0 unspecified atom stereocenters. The SMILES string of the molecule is COCCC(=O)N1CC[C@]2(CCN(Cc3ccc(C)o3)C2)C1. The summed E-state index contributed by atoms with van der Waals surface area (Å²) in [5.74, 6) is 2.25. The summed E-state index contributed by atoms with van der Waals surface area (Å²) in [6, 6.07) is 4.09. The number of nitrogens with zero attached hydrogens (tertiary/aromatic N) is 2. The van der Waals surface area contributed by atoms with Gasteiger partial charge in [0.25, 0.3) is 0 Å². The molecular weight excluding hydrogens is 280 g/mol. The second-order valence-electron chi connectivity index (χ2n) is 6.78. The van der Waals surface area contributed by atoms with Gasteiger partial charge in [-0.1, -0.05) is 0 Å². The normalized spacial score (nSPS) is 25.5. The van der Waals surface area contributed by atoms with E-state index in [1.807, 2.05) is 17.9 Å². The van der Waals surface area contributed by atoms with Gasteiger partial charge in [-0.25, -0.2) is 0 Å². The van der Waals surface area contributed by atoms with Gasteiger partial charge in [0.2, 0.25) is 5.91 Å². The molecule has 1 aromatic heterocycles. The lowest BCUT2D eigenvalue weighted by molar-refractivity contribution is -0.131. The van der Waals surface area contributed by atoms with Crippen LogP contribution in [0.1, 0.15) is 30.8 Å². The molecule has 0 N–H and O–H groups in total. The number of ether oxygens (including phenoxy) is 1. The largest absolute Gasteiger partial charge is 0.465 e. The van der Waals surface area contributed by atoms with E-state index in [0.717, 1.165) is 50.7 Å². The van der Waals surface area contributed by atoms with Crippen molar-refractivity contribution in [3.05, 3.63) is 23.7 Å². The molecular formula is C17H26N2O3. The first kappa shape index (κ1) is 15.6. The summed E-state index contributed by atoms with van der Waals surface area (Å²) in [7, 11) is 1.64. The quantitative estimate of drug-likeness (QED) is 0.835. The topological polar surface area (TPSA) is 45.9 Å². The van der Waals surface area contributed by atoms with Crippen LogP contribution in [-0.2, 0) is 16.1 Å². The minimum Gasteiger partial charge on any atom is -0.465 e. The van der Waals surface area contributed by atoms with Crippen molar-refractivity contribution in [1.29, 1.82) is 0 Å². The highest BCUT2D eigenvalue weighted by Crippen LogP contribution is 2.40. The van der Waals surface area contributed by atoms with Gasteiger partial charge in [0.15, 0.2) is 0 Å². The van der Waals surface area contributed by atoms with Gasteiger partial charge in [0.05, 0.1) is 19.6 Å². The predicted octanol–water partition coefficient (Wildman–Crippen LogP) is 2.05. The summed E-state index contributed by atoms with van der Waals surface area (Å²) in [5.41, 5.74) is 0.296. The number of amides is 1. The third-order valence-corrected chi connectivity index (χ3v) is 5.00. The van der Waals surface area contributed by atoms with Gasteiger partial charge >= 0.3 is 0 Å². The van der Waals surface area contributed by atoms with Crippen molar-refractivity contribution in [2.75, 3.05) is 39.9 Å². The average Bonchev–Trinajstić information content (AvgIpc) is 3.20. The van der Waals surface area contributed by atoms with E-state index in [1.54, 1.807) is 7.11 Å². The second kappa shape index (κ2) is 6.42. The van der Waals surface area contributed by atoms with E-state index in [9.17, 15) is 4.79 Å². The van der Waals surface area contributed by atoms with Gasteiger partial charge in [-0.3, -0.25) is 9.69 Å². The number of furan rings is 1. The van der Waals surface area contributed by atoms with Gasteiger partial charge in [-0.15, -0.1) is 0 Å². The Morgan fingerprint density at radius 3 is 2.86 bits per heavy atom. The first-order valence-electron chi connectivity index (χ1n) is 8.15. The van der Waals surface area contributed by atoms with Crippen molar-refractivity contribution in [2.24, 2.45) is 5.41 Å². The number of carbonyl (C=O) groups is 1. The van der Waals surface area contributed by atoms with Crippen LogP contribution < -0.4 is 0 Å². The highest BCUT2D eigenvalue weighted by molar-refractivity contribution is 5.76. The number of likely N-dealkylation sites (tertiary alicyclic amines) is 2. The Hall–Kier alpha value is -1.33. The van der Waals surface area contributed by atoms with Crippen LogP contribution in [0.15, 0.2) is 16.5 Å². The van der Waals surface area contributed by atoms with E-state index in [4.69, 9.17) is 9.15 Å². The standard InChI is InChI=1S/C17H26N2O3/c1-14-3-4-15(22-14)11-18-8-6-17(12-18)7-9-19(13-17)16(20)5-10-21-2/h3-4H,5-13H2,1-2H3/t17-/m0/s1. The molecule has 2 aliphatic rings. The molecule has 1 aromatic rings. The van der Waals surface area contributed by atoms with Crippen molar-refractivity contribution in [3.8, 4) is 0 Å². The summed E-state index contributed by atoms with van der Waals surface area (Å²) in [6.45, 7) is 7.36. The van der Waals surface area contributed by atoms with Crippen molar-refractivity contribution < 1.29 is 13.9 Å². The Bertz CT molecular complexity index is 528. The molecule has 0 bridgehead atoms. The molecule has 2 aliphatic heterocycles. The molecule has 5 nitrogen and oxygen atoms in total. The fraction of sp³-hybridized carbons (Fsp3) is 0.706. The van der Waals surface area contributed by atoms with E-state index >= 15 is 0 Å². The van der Waals surface area contributed by atoms with Gasteiger partial charge < -0.3 is 14.1 Å². The maximum atomic E-state index is 12.1. The predicted molar refractivity (Wildman–Crippen MR) is 83.5 cm³/mol. The highest BCUT2D eigenvalue weighted by Gasteiger charge is 2.44. The molecule has 1 amide bonds. The van der Waals surface area contributed by atoms with E-state index in [1.165, 1.54) is 6.42 Å². The van der Waals surface area contributed by atoms with Crippen LogP contribution in [0.2, 0.25) is 0 Å². The second-order valence-corrected chi connectivity index (χ2v) is 6.78. The summed E-state index contributed by atoms with van der Waals surface area (Å²) in [5, 5.41) is 0. The first-order valence-corrected chi connectivity index (χ1v) is 8.15. The van der Waals surface area contributed by atoms with Crippen LogP contribution in [0.25, 0.3) is 0 Å². The van der Waals surface area contributed by atoms with Crippen molar-refractivity contribution in [1.82, 2.24) is 9.80 Å². The van der Waals surface area contributed by atoms with E-state index in [-0.39, 0.29) is 5.91 Å². The zero-order valence-electron chi connectivity index (χ0n) is 13.6. The van der Waals surface area contributed by atoms with E-state index < -0.39 is 0 Å². The maximum absolute atomic E-state index is 12.1. The molecule has 2 fully saturated rings. The lowest BCUT2D eigenvalue weighted by atomic mass is 9.86. The zero-order chi connectivity index (χ0) is 15.6. The van der Waals surface area contributed by atoms with Gasteiger partial charge in [0.1, 0.15) is 11.5 Å². The minimum atomic E-state index is 0.235. The first-order chi connectivity index (χ1) is 10.6. The van der Waals surface area contributed by atoms with Crippen LogP contribution in [-0.4, -0.2) is 55.6 Å². The molecule has 1 atom stereocenters. The third kappa shape index (κ3) is 3.36. The smallest absolute Gasteiger partial charge is 0.224 e. The number of carbonyl (C=O) groups excluding carboxylic acids is 1. The number of hydrogen-bond donors (Lipinski definition) is 0. The Morgan fingerprint density at radius 2 is 2.14 bits per heavy atom. The molecule has 1 spiro atoms. The molecule has 2 saturated heterocycles. The third-order valence-electron chi connectivity index (χ3n) is 5.00. The average molecular weight is 306 g/mol. The van der Waals surface area contributed by atoms with E-state index in [2.05, 4.69) is 11.0 Å². The molecule has 0 aliphatic carbocycles. The molecule has 122 valence electrons. The fourth-order valence-electron chi connectivity index (χ4n) is 3.78. The van der Waals surface area contributed by atoms with E-state index in [0.29, 0.717) is 18.4 Å². The van der Waals surface area contributed by atoms with Crippen molar-refractivity contribution >= 4 is 5.91 Å². The lowest BCUT2D eigenvalue weighted by Gasteiger charge is -2.24. The van der Waals surface area contributed by atoms with Crippen molar-refractivity contribution in [3.63, 3.8) is 0 Å². The fourth-order valence-corrected chi connectivity index (χ4v) is 3.78. The van der Waals surface area contributed by atoms with Gasteiger partial charge in [-0.05, 0) is 38.4 Å². The van der Waals surface area contributed by atoms with Crippen LogP contribution in [0.3, 0.4) is 0 Å². The Labute approximate surface area is 132 Å². The zero-order valence-corrected chi connectivity index (χ0v) is 13.6. The number of methoxy groups -OCH3 is 1. The highest BCUT2D eigenvalue weighted by atomic mass is 16.5. The van der Waals surface area contributed by atoms with Crippen LogP contribution in [0.5, 0.6) is 0 Å². The summed E-state index contributed by atoms with van der Waals surface area (Å²) < 4.78 is 10.7. The van der Waals surface area contributed by atoms with Gasteiger partial charge in [-0.2, -0.15) is 0 Å². The summed E-state index contributed by atoms with van der Waals surface area (Å²) in [6.07, 6.45) is 2.81.